The maximum Gasteiger partial charge on any atom is 0.361 e. The van der Waals surface area contributed by atoms with Crippen molar-refractivity contribution in [3.8, 4) is 22.4 Å². The highest BCUT2D eigenvalue weighted by Crippen LogP contribution is 2.37. The van der Waals surface area contributed by atoms with Crippen molar-refractivity contribution < 1.29 is 19.2 Å². The number of nitrogens with zero attached hydrogens (tertiary/aromatic N) is 3. The molecule has 0 atom stereocenters. The van der Waals surface area contributed by atoms with Crippen LogP contribution in [0, 0.1) is 11.3 Å². The Morgan fingerprint density at radius 3 is 3.05 bits per heavy atom. The minimum Gasteiger partial charge on any atom is -0.502 e. The third-order valence-corrected chi connectivity index (χ3v) is 3.80. The standard InChI is InChI=1S/C14H9N3O4S/c1-2-20-14(19)11-12(18)13-9(7(6-15)16-11)10(17-21-13)8-4-3-5-22-8/h3-5,18H,2H2,1H3. The minimum atomic E-state index is -0.826. The normalized spacial score (nSPS) is 10.5. The van der Waals surface area contributed by atoms with E-state index >= 15 is 0 Å². The van der Waals surface area contributed by atoms with Crippen LogP contribution in [-0.4, -0.2) is 27.8 Å². The van der Waals surface area contributed by atoms with Crippen LogP contribution in [0.25, 0.3) is 21.5 Å². The first-order valence-electron chi connectivity index (χ1n) is 6.30. The molecular formula is C14H9N3O4S. The van der Waals surface area contributed by atoms with Gasteiger partial charge in [-0.1, -0.05) is 11.2 Å². The maximum atomic E-state index is 11.8. The lowest BCUT2D eigenvalue weighted by atomic mass is 10.1. The molecule has 0 aliphatic carbocycles. The summed E-state index contributed by atoms with van der Waals surface area (Å²) < 4.78 is 9.93. The summed E-state index contributed by atoms with van der Waals surface area (Å²) in [5, 5.41) is 25.5. The van der Waals surface area contributed by atoms with E-state index in [9.17, 15) is 15.2 Å². The van der Waals surface area contributed by atoms with Gasteiger partial charge in [0.1, 0.15) is 11.8 Å². The predicted molar refractivity (Wildman–Crippen MR) is 77.5 cm³/mol. The van der Waals surface area contributed by atoms with Crippen molar-refractivity contribution in [1.29, 1.82) is 5.26 Å². The third kappa shape index (κ3) is 2.08. The monoisotopic (exact) mass is 315 g/mol. The second-order valence-electron chi connectivity index (χ2n) is 4.20. The first-order valence-corrected chi connectivity index (χ1v) is 7.18. The molecule has 0 aromatic carbocycles. The highest BCUT2D eigenvalue weighted by atomic mass is 32.1. The summed E-state index contributed by atoms with van der Waals surface area (Å²) in [5.41, 5.74) is -0.0713. The second-order valence-corrected chi connectivity index (χ2v) is 5.15. The Hall–Kier alpha value is -2.92. The van der Waals surface area contributed by atoms with E-state index in [1.807, 2.05) is 17.5 Å². The molecule has 3 rings (SSSR count). The van der Waals surface area contributed by atoms with Gasteiger partial charge in [-0.15, -0.1) is 11.3 Å². The SMILES string of the molecule is CCOC(=O)c1nc(C#N)c2c(-c3cccs3)noc2c1O. The Balaban J connectivity index is 2.29. The fourth-order valence-electron chi connectivity index (χ4n) is 2.00. The number of ether oxygens (including phenoxy) is 1. The van der Waals surface area contributed by atoms with Gasteiger partial charge in [0.05, 0.1) is 16.9 Å². The van der Waals surface area contributed by atoms with E-state index in [1.54, 1.807) is 13.0 Å². The molecule has 1 N–H and O–H groups in total. The Morgan fingerprint density at radius 1 is 1.59 bits per heavy atom. The number of thiophene rings is 1. The zero-order valence-corrected chi connectivity index (χ0v) is 12.2. The largest absolute Gasteiger partial charge is 0.502 e. The van der Waals surface area contributed by atoms with Crippen molar-refractivity contribution in [2.75, 3.05) is 6.61 Å². The molecule has 0 fully saturated rings. The summed E-state index contributed by atoms with van der Waals surface area (Å²) in [6, 6.07) is 5.53. The number of aromatic hydroxyl groups is 1. The second kappa shape index (κ2) is 5.46. The van der Waals surface area contributed by atoms with Gasteiger partial charge in [0.15, 0.2) is 17.1 Å². The number of esters is 1. The summed E-state index contributed by atoms with van der Waals surface area (Å²) in [7, 11) is 0. The molecule has 3 aromatic heterocycles. The van der Waals surface area contributed by atoms with Crippen LogP contribution in [0.3, 0.4) is 0 Å². The number of rotatable bonds is 3. The molecule has 22 heavy (non-hydrogen) atoms. The Morgan fingerprint density at radius 2 is 2.41 bits per heavy atom. The third-order valence-electron chi connectivity index (χ3n) is 2.92. The molecule has 8 heteroatoms. The number of hydrogen-bond acceptors (Lipinski definition) is 8. The minimum absolute atomic E-state index is 0.0551. The van der Waals surface area contributed by atoms with Crippen molar-refractivity contribution >= 4 is 28.3 Å². The average Bonchev–Trinajstić information content (AvgIpc) is 3.17. The smallest absolute Gasteiger partial charge is 0.361 e. The zero-order chi connectivity index (χ0) is 15.7. The number of pyridine rings is 1. The summed E-state index contributed by atoms with van der Waals surface area (Å²) in [6.45, 7) is 1.75. The van der Waals surface area contributed by atoms with Crippen molar-refractivity contribution in [2.45, 2.75) is 6.92 Å². The molecular weight excluding hydrogens is 306 g/mol. The molecule has 7 nitrogen and oxygen atoms in total. The molecule has 0 radical (unpaired) electrons. The molecule has 3 aromatic rings. The van der Waals surface area contributed by atoms with Crippen LogP contribution in [0.15, 0.2) is 22.0 Å². The van der Waals surface area contributed by atoms with Crippen LogP contribution < -0.4 is 0 Å². The van der Waals surface area contributed by atoms with E-state index in [1.165, 1.54) is 11.3 Å². The average molecular weight is 315 g/mol. The van der Waals surface area contributed by atoms with Gasteiger partial charge in [-0.2, -0.15) is 5.26 Å². The fourth-order valence-corrected chi connectivity index (χ4v) is 2.72. The molecule has 3 heterocycles. The lowest BCUT2D eigenvalue weighted by molar-refractivity contribution is 0.0516. The van der Waals surface area contributed by atoms with E-state index in [2.05, 4.69) is 10.1 Å². The van der Waals surface area contributed by atoms with Gasteiger partial charge in [-0.25, -0.2) is 9.78 Å². The van der Waals surface area contributed by atoms with Gasteiger partial charge in [0, 0.05) is 0 Å². The van der Waals surface area contributed by atoms with Crippen molar-refractivity contribution in [3.63, 3.8) is 0 Å². The van der Waals surface area contributed by atoms with Crippen molar-refractivity contribution in [1.82, 2.24) is 10.1 Å². The summed E-state index contributed by atoms with van der Waals surface area (Å²) in [5.74, 6) is -1.31. The quantitative estimate of drug-likeness (QED) is 0.740. The summed E-state index contributed by atoms with van der Waals surface area (Å²) in [6.07, 6.45) is 0. The zero-order valence-electron chi connectivity index (χ0n) is 11.4. The Kier molecular flexibility index (Phi) is 3.48. The van der Waals surface area contributed by atoms with Crippen LogP contribution in [0.2, 0.25) is 0 Å². The van der Waals surface area contributed by atoms with Gasteiger partial charge < -0.3 is 14.4 Å². The molecule has 0 amide bonds. The Bertz CT molecular complexity index is 893. The number of hydrogen-bond donors (Lipinski definition) is 1. The first-order chi connectivity index (χ1) is 10.7. The van der Waals surface area contributed by atoms with Crippen LogP contribution in [-0.2, 0) is 4.74 Å². The molecule has 0 saturated heterocycles. The van der Waals surface area contributed by atoms with Crippen molar-refractivity contribution in [2.24, 2.45) is 0 Å². The van der Waals surface area contributed by atoms with Crippen LogP contribution in [0.4, 0.5) is 0 Å². The van der Waals surface area contributed by atoms with Gasteiger partial charge in [0.2, 0.25) is 5.58 Å². The first kappa shape index (κ1) is 14.0. The van der Waals surface area contributed by atoms with Crippen molar-refractivity contribution in [3.05, 3.63) is 28.9 Å². The number of nitriles is 1. The molecule has 0 saturated carbocycles. The van der Waals surface area contributed by atoms with Gasteiger partial charge in [-0.05, 0) is 18.4 Å². The van der Waals surface area contributed by atoms with Crippen LogP contribution >= 0.6 is 11.3 Å². The van der Waals surface area contributed by atoms with E-state index in [-0.39, 0.29) is 29.0 Å². The number of fused-ring (bicyclic) bond motifs is 1. The van der Waals surface area contributed by atoms with Crippen LogP contribution in [0.1, 0.15) is 23.1 Å². The fraction of sp³-hybridized carbons (Fsp3) is 0.143. The highest BCUT2D eigenvalue weighted by molar-refractivity contribution is 7.13. The lowest BCUT2D eigenvalue weighted by Gasteiger charge is -2.04. The van der Waals surface area contributed by atoms with E-state index in [0.717, 1.165) is 4.88 Å². The highest BCUT2D eigenvalue weighted by Gasteiger charge is 2.26. The number of aromatic nitrogens is 2. The van der Waals surface area contributed by atoms with E-state index in [4.69, 9.17) is 9.26 Å². The maximum absolute atomic E-state index is 11.8. The number of carbonyl (C=O) groups excluding carboxylic acids is 1. The van der Waals surface area contributed by atoms with Gasteiger partial charge >= 0.3 is 5.97 Å². The molecule has 110 valence electrons. The molecule has 0 spiro atoms. The van der Waals surface area contributed by atoms with E-state index in [0.29, 0.717) is 5.69 Å². The van der Waals surface area contributed by atoms with Gasteiger partial charge in [0.25, 0.3) is 0 Å². The topological polar surface area (TPSA) is 109 Å². The summed E-state index contributed by atoms with van der Waals surface area (Å²) >= 11 is 1.41. The molecule has 0 unspecified atom stereocenters. The van der Waals surface area contributed by atoms with Crippen LogP contribution in [0.5, 0.6) is 5.75 Å². The van der Waals surface area contributed by atoms with Gasteiger partial charge in [-0.3, -0.25) is 0 Å². The van der Waals surface area contributed by atoms with E-state index < -0.39 is 11.7 Å². The molecule has 0 aliphatic rings. The number of carbonyl (C=O) groups is 1. The molecule has 0 bridgehead atoms. The lowest BCUT2D eigenvalue weighted by Crippen LogP contribution is -2.08. The molecule has 0 aliphatic heterocycles. The Labute approximate surface area is 128 Å². The summed E-state index contributed by atoms with van der Waals surface area (Å²) in [4.78, 5) is 16.5. The predicted octanol–water partition coefficient (Wildman–Crippen LogP) is 2.71.